The summed E-state index contributed by atoms with van der Waals surface area (Å²) in [6.45, 7) is 4.93. The highest BCUT2D eigenvalue weighted by atomic mass is 16.5. The van der Waals surface area contributed by atoms with Gasteiger partial charge in [-0.1, -0.05) is 0 Å². The number of anilines is 1. The zero-order valence-electron chi connectivity index (χ0n) is 11.6. The smallest absolute Gasteiger partial charge is 0.124 e. The van der Waals surface area contributed by atoms with Gasteiger partial charge in [0.15, 0.2) is 0 Å². The first kappa shape index (κ1) is 12.8. The Morgan fingerprint density at radius 1 is 1.33 bits per heavy atom. The quantitative estimate of drug-likeness (QED) is 0.816. The zero-order chi connectivity index (χ0) is 13.3. The molecule has 1 aromatic rings. The van der Waals surface area contributed by atoms with Crippen LogP contribution in [-0.4, -0.2) is 20.7 Å². The van der Waals surface area contributed by atoms with E-state index in [0.29, 0.717) is 0 Å². The largest absolute Gasteiger partial charge is 0.496 e. The number of ether oxygens (including phenoxy) is 1. The molecule has 0 amide bonds. The molecule has 3 heteroatoms. The molecule has 0 spiro atoms. The third-order valence-electron chi connectivity index (χ3n) is 3.72. The van der Waals surface area contributed by atoms with Gasteiger partial charge in [0.1, 0.15) is 5.75 Å². The van der Waals surface area contributed by atoms with Gasteiger partial charge < -0.3 is 9.64 Å². The molecule has 0 radical (unpaired) electrons. The average Bonchev–Trinajstić information content (AvgIpc) is 3.09. The van der Waals surface area contributed by atoms with E-state index in [1.54, 1.807) is 7.11 Å². The zero-order valence-corrected chi connectivity index (χ0v) is 11.6. The van der Waals surface area contributed by atoms with Crippen LogP contribution in [0, 0.1) is 30.6 Å². The van der Waals surface area contributed by atoms with Crippen LogP contribution in [-0.2, 0) is 0 Å². The molecular formula is C15H20N2O. The molecule has 0 heterocycles. The van der Waals surface area contributed by atoms with Crippen molar-refractivity contribution in [1.82, 2.24) is 0 Å². The van der Waals surface area contributed by atoms with Crippen LogP contribution in [0.2, 0.25) is 0 Å². The van der Waals surface area contributed by atoms with Crippen molar-refractivity contribution in [2.75, 3.05) is 25.6 Å². The summed E-state index contributed by atoms with van der Waals surface area (Å²) >= 11 is 0. The van der Waals surface area contributed by atoms with Gasteiger partial charge in [0, 0.05) is 19.3 Å². The highest BCUT2D eigenvalue weighted by Crippen LogP contribution is 2.46. The molecule has 0 aromatic heterocycles. The van der Waals surface area contributed by atoms with Gasteiger partial charge >= 0.3 is 0 Å². The van der Waals surface area contributed by atoms with Crippen molar-refractivity contribution < 1.29 is 4.74 Å². The van der Waals surface area contributed by atoms with Crippen LogP contribution >= 0.6 is 0 Å². The van der Waals surface area contributed by atoms with Gasteiger partial charge in [0.25, 0.3) is 0 Å². The Hall–Kier alpha value is -1.69. The van der Waals surface area contributed by atoms with E-state index in [1.807, 2.05) is 0 Å². The lowest BCUT2D eigenvalue weighted by Crippen LogP contribution is -2.25. The number of nitriles is 1. The number of rotatable bonds is 4. The van der Waals surface area contributed by atoms with E-state index >= 15 is 0 Å². The van der Waals surface area contributed by atoms with Gasteiger partial charge in [-0.2, -0.15) is 5.26 Å². The lowest BCUT2D eigenvalue weighted by molar-refractivity contribution is 0.408. The molecule has 1 aliphatic carbocycles. The summed E-state index contributed by atoms with van der Waals surface area (Å²) in [6.07, 6.45) is 2.06. The number of benzene rings is 1. The van der Waals surface area contributed by atoms with Crippen LogP contribution in [0.3, 0.4) is 0 Å². The second-order valence-corrected chi connectivity index (χ2v) is 5.36. The topological polar surface area (TPSA) is 36.3 Å². The lowest BCUT2D eigenvalue weighted by atomic mass is 10.1. The average molecular weight is 244 g/mol. The van der Waals surface area contributed by atoms with E-state index in [4.69, 9.17) is 10.00 Å². The fourth-order valence-corrected chi connectivity index (χ4v) is 2.47. The number of hydrogen-bond donors (Lipinski definition) is 0. The predicted molar refractivity (Wildman–Crippen MR) is 73.0 cm³/mol. The first-order valence-corrected chi connectivity index (χ1v) is 6.29. The minimum Gasteiger partial charge on any atom is -0.496 e. The van der Waals surface area contributed by atoms with Gasteiger partial charge in [0.2, 0.25) is 0 Å². The highest BCUT2D eigenvalue weighted by molar-refractivity contribution is 5.56. The van der Waals surface area contributed by atoms with Crippen LogP contribution in [0.15, 0.2) is 12.1 Å². The maximum atomic E-state index is 9.15. The highest BCUT2D eigenvalue weighted by Gasteiger charge is 2.44. The van der Waals surface area contributed by atoms with E-state index in [1.165, 1.54) is 0 Å². The Morgan fingerprint density at radius 2 is 1.89 bits per heavy atom. The van der Waals surface area contributed by atoms with Crippen LogP contribution in [0.25, 0.3) is 0 Å². The van der Waals surface area contributed by atoms with Crippen molar-refractivity contribution in [3.8, 4) is 11.8 Å². The predicted octanol–water partition coefficient (Wildman–Crippen LogP) is 3.05. The lowest BCUT2D eigenvalue weighted by Gasteiger charge is -2.23. The molecule has 2 rings (SSSR count). The second-order valence-electron chi connectivity index (χ2n) is 5.36. The van der Waals surface area contributed by atoms with Gasteiger partial charge in [-0.15, -0.1) is 0 Å². The summed E-state index contributed by atoms with van der Waals surface area (Å²) in [6, 6.07) is 6.69. The third-order valence-corrected chi connectivity index (χ3v) is 3.72. The summed E-state index contributed by atoms with van der Waals surface area (Å²) in [5.74, 6) is 0.952. The summed E-state index contributed by atoms with van der Waals surface area (Å²) in [4.78, 5) is 2.18. The Balaban J connectivity index is 2.21. The maximum Gasteiger partial charge on any atom is 0.124 e. The molecular weight excluding hydrogens is 224 g/mol. The van der Waals surface area contributed by atoms with Crippen molar-refractivity contribution in [3.05, 3.63) is 23.3 Å². The number of methoxy groups -OCH3 is 1. The van der Waals surface area contributed by atoms with Crippen molar-refractivity contribution in [1.29, 1.82) is 5.26 Å². The van der Waals surface area contributed by atoms with E-state index in [0.717, 1.165) is 42.0 Å². The Bertz CT molecular complexity index is 475. The van der Waals surface area contributed by atoms with Crippen LogP contribution in [0.5, 0.6) is 5.75 Å². The number of nitrogens with zero attached hydrogens (tertiary/aromatic N) is 2. The minimum atomic E-state index is -0.101. The summed E-state index contributed by atoms with van der Waals surface area (Å²) in [5.41, 5.74) is 3.34. The molecule has 1 saturated carbocycles. The Labute approximate surface area is 109 Å². The molecule has 0 aliphatic heterocycles. The van der Waals surface area contributed by atoms with Gasteiger partial charge in [0.05, 0.1) is 18.6 Å². The molecule has 0 unspecified atom stereocenters. The van der Waals surface area contributed by atoms with Crippen molar-refractivity contribution in [2.45, 2.75) is 26.7 Å². The Kier molecular flexibility index (Phi) is 3.21. The fraction of sp³-hybridized carbons (Fsp3) is 0.533. The molecule has 18 heavy (non-hydrogen) atoms. The monoisotopic (exact) mass is 244 g/mol. The molecule has 0 saturated heterocycles. The first-order chi connectivity index (χ1) is 8.51. The molecule has 1 aromatic carbocycles. The SMILES string of the molecule is COc1c(C)cc(N(C)CC2(C#N)CC2)cc1C. The molecule has 0 N–H and O–H groups in total. The fourth-order valence-electron chi connectivity index (χ4n) is 2.47. The van der Waals surface area contributed by atoms with Gasteiger partial charge in [-0.3, -0.25) is 0 Å². The van der Waals surface area contributed by atoms with E-state index in [-0.39, 0.29) is 5.41 Å². The summed E-state index contributed by atoms with van der Waals surface area (Å²) in [7, 11) is 3.76. The number of aryl methyl sites for hydroxylation is 2. The second kappa shape index (κ2) is 4.53. The van der Waals surface area contributed by atoms with Crippen molar-refractivity contribution in [3.63, 3.8) is 0 Å². The maximum absolute atomic E-state index is 9.15. The standard InChI is InChI=1S/C15H20N2O/c1-11-7-13(8-12(2)14(11)18-4)17(3)10-15(9-16)5-6-15/h7-8H,5-6,10H2,1-4H3. The van der Waals surface area contributed by atoms with Crippen molar-refractivity contribution >= 4 is 5.69 Å². The number of hydrogen-bond acceptors (Lipinski definition) is 3. The summed E-state index contributed by atoms with van der Waals surface area (Å²) < 4.78 is 5.37. The summed E-state index contributed by atoms with van der Waals surface area (Å²) in [5, 5.41) is 9.15. The van der Waals surface area contributed by atoms with Crippen LogP contribution in [0.4, 0.5) is 5.69 Å². The van der Waals surface area contributed by atoms with Crippen molar-refractivity contribution in [2.24, 2.45) is 5.41 Å². The minimum absolute atomic E-state index is 0.101. The van der Waals surface area contributed by atoms with Crippen LogP contribution in [0.1, 0.15) is 24.0 Å². The molecule has 1 aliphatic rings. The van der Waals surface area contributed by atoms with Gasteiger partial charge in [-0.05, 0) is 49.9 Å². The van der Waals surface area contributed by atoms with Crippen LogP contribution < -0.4 is 9.64 Å². The molecule has 1 fully saturated rings. The van der Waals surface area contributed by atoms with E-state index < -0.39 is 0 Å². The Morgan fingerprint density at radius 3 is 2.28 bits per heavy atom. The van der Waals surface area contributed by atoms with Gasteiger partial charge in [-0.25, -0.2) is 0 Å². The molecule has 0 atom stereocenters. The van der Waals surface area contributed by atoms with E-state index in [9.17, 15) is 0 Å². The molecule has 0 bridgehead atoms. The normalized spacial score (nSPS) is 15.9. The first-order valence-electron chi connectivity index (χ1n) is 6.29. The molecule has 3 nitrogen and oxygen atoms in total. The van der Waals surface area contributed by atoms with E-state index in [2.05, 4.69) is 44.0 Å². The molecule has 96 valence electrons. The third kappa shape index (κ3) is 2.28.